The minimum atomic E-state index is -1.01. The van der Waals surface area contributed by atoms with E-state index in [1.165, 1.54) is 17.7 Å². The fraction of sp³-hybridized carbons (Fsp3) is 0.276. The second-order valence-electron chi connectivity index (χ2n) is 9.50. The first-order chi connectivity index (χ1) is 18.5. The van der Waals surface area contributed by atoms with Crippen LogP contribution in [0.25, 0.3) is 11.1 Å². The van der Waals surface area contributed by atoms with Gasteiger partial charge in [0, 0.05) is 39.3 Å². The first-order valence-electron chi connectivity index (χ1n) is 12.6. The lowest BCUT2D eigenvalue weighted by Gasteiger charge is -2.34. The highest BCUT2D eigenvalue weighted by Crippen LogP contribution is 2.22. The first kappa shape index (κ1) is 25.6. The highest BCUT2D eigenvalue weighted by molar-refractivity contribution is 5.68. The maximum atomic E-state index is 13.3. The molecule has 8 nitrogen and oxygen atoms in total. The number of carboxylic acids is 1. The van der Waals surface area contributed by atoms with Gasteiger partial charge >= 0.3 is 5.97 Å². The van der Waals surface area contributed by atoms with Crippen LogP contribution in [0, 0.1) is 5.82 Å². The Morgan fingerprint density at radius 1 is 0.842 bits per heavy atom. The summed E-state index contributed by atoms with van der Waals surface area (Å²) in [6.07, 6.45) is 1.96. The molecule has 4 aromatic rings. The quantitative estimate of drug-likeness (QED) is 0.343. The molecule has 0 bridgehead atoms. The fourth-order valence-corrected chi connectivity index (χ4v) is 4.64. The Kier molecular flexibility index (Phi) is 8.06. The Labute approximate surface area is 220 Å². The summed E-state index contributed by atoms with van der Waals surface area (Å²) < 4.78 is 20.3. The summed E-state index contributed by atoms with van der Waals surface area (Å²) in [5.74, 6) is -0.710. The Morgan fingerprint density at radius 3 is 2.26 bits per heavy atom. The van der Waals surface area contributed by atoms with Crippen molar-refractivity contribution in [1.29, 1.82) is 0 Å². The number of benzene rings is 3. The van der Waals surface area contributed by atoms with Gasteiger partial charge in [0.15, 0.2) is 6.61 Å². The van der Waals surface area contributed by atoms with Gasteiger partial charge in [-0.25, -0.2) is 13.9 Å². The van der Waals surface area contributed by atoms with Crippen LogP contribution in [0.15, 0.2) is 79.0 Å². The third-order valence-corrected chi connectivity index (χ3v) is 6.55. The molecule has 3 aromatic carbocycles. The number of rotatable bonds is 10. The molecule has 1 aliphatic heterocycles. The van der Waals surface area contributed by atoms with Gasteiger partial charge in [0.2, 0.25) is 0 Å². The van der Waals surface area contributed by atoms with Gasteiger partial charge in [0.05, 0.1) is 18.4 Å². The van der Waals surface area contributed by atoms with Crippen molar-refractivity contribution >= 4 is 5.97 Å². The molecule has 0 spiro atoms. The van der Waals surface area contributed by atoms with Crippen molar-refractivity contribution in [2.24, 2.45) is 0 Å². The Balaban J connectivity index is 1.10. The van der Waals surface area contributed by atoms with Crippen LogP contribution in [0.1, 0.15) is 16.8 Å². The molecule has 0 amide bonds. The van der Waals surface area contributed by atoms with Crippen LogP contribution < -0.4 is 4.74 Å². The molecular formula is C29H30FN5O3. The third-order valence-electron chi connectivity index (χ3n) is 6.55. The van der Waals surface area contributed by atoms with Gasteiger partial charge in [-0.15, -0.1) is 5.10 Å². The molecule has 38 heavy (non-hydrogen) atoms. The number of hydrogen-bond acceptors (Lipinski definition) is 6. The van der Waals surface area contributed by atoms with E-state index in [1.54, 1.807) is 10.7 Å². The average molecular weight is 516 g/mol. The molecule has 196 valence electrons. The van der Waals surface area contributed by atoms with Crippen molar-refractivity contribution in [2.45, 2.75) is 19.6 Å². The standard InChI is InChI=1S/C29H30FN5O3/c30-26-9-7-24(8-10-26)25-5-1-3-22(15-25)17-33-11-13-34(14-12-33)19-27-20-35(32-31-27)18-23-4-2-6-28(16-23)38-21-29(36)37/h1-10,15-16,20H,11-14,17-19,21H2,(H,36,37). The van der Waals surface area contributed by atoms with Crippen LogP contribution in [-0.2, 0) is 24.4 Å². The van der Waals surface area contributed by atoms with E-state index in [1.807, 2.05) is 36.5 Å². The Hall–Kier alpha value is -4.08. The Morgan fingerprint density at radius 2 is 1.53 bits per heavy atom. The molecule has 1 fully saturated rings. The second-order valence-corrected chi connectivity index (χ2v) is 9.50. The first-order valence-corrected chi connectivity index (χ1v) is 12.6. The molecule has 0 saturated carbocycles. The lowest BCUT2D eigenvalue weighted by Crippen LogP contribution is -2.45. The van der Waals surface area contributed by atoms with Crippen molar-refractivity contribution in [1.82, 2.24) is 24.8 Å². The van der Waals surface area contributed by atoms with Gasteiger partial charge in [-0.3, -0.25) is 9.80 Å². The minimum absolute atomic E-state index is 0.222. The largest absolute Gasteiger partial charge is 0.482 e. The van der Waals surface area contributed by atoms with E-state index in [4.69, 9.17) is 9.84 Å². The van der Waals surface area contributed by atoms with Gasteiger partial charge in [0.25, 0.3) is 0 Å². The van der Waals surface area contributed by atoms with Crippen LogP contribution in [0.2, 0.25) is 0 Å². The van der Waals surface area contributed by atoms with Gasteiger partial charge in [0.1, 0.15) is 11.6 Å². The van der Waals surface area contributed by atoms with E-state index in [2.05, 4.69) is 44.4 Å². The molecule has 0 atom stereocenters. The Bertz CT molecular complexity index is 1370. The van der Waals surface area contributed by atoms with E-state index in [9.17, 15) is 9.18 Å². The van der Waals surface area contributed by atoms with Crippen LogP contribution in [0.3, 0.4) is 0 Å². The molecule has 0 aliphatic carbocycles. The van der Waals surface area contributed by atoms with E-state index < -0.39 is 5.97 Å². The molecule has 0 unspecified atom stereocenters. The summed E-state index contributed by atoms with van der Waals surface area (Å²) in [6, 6.07) is 22.4. The number of aliphatic carboxylic acids is 1. The SMILES string of the molecule is O=C(O)COc1cccc(Cn2cc(CN3CCN(Cc4cccc(-c5ccc(F)cc5)c4)CC3)nn2)c1. The van der Waals surface area contributed by atoms with Crippen LogP contribution in [0.5, 0.6) is 5.75 Å². The highest BCUT2D eigenvalue weighted by atomic mass is 19.1. The minimum Gasteiger partial charge on any atom is -0.482 e. The molecule has 9 heteroatoms. The van der Waals surface area contributed by atoms with Crippen LogP contribution in [0.4, 0.5) is 4.39 Å². The molecule has 1 saturated heterocycles. The maximum Gasteiger partial charge on any atom is 0.341 e. The summed E-state index contributed by atoms with van der Waals surface area (Å²) in [4.78, 5) is 15.6. The summed E-state index contributed by atoms with van der Waals surface area (Å²) in [5.41, 5.74) is 5.25. The number of ether oxygens (including phenoxy) is 1. The highest BCUT2D eigenvalue weighted by Gasteiger charge is 2.18. The number of piperazine rings is 1. The number of carboxylic acid groups (broad SMARTS) is 1. The van der Waals surface area contributed by atoms with E-state index in [0.717, 1.165) is 61.7 Å². The lowest BCUT2D eigenvalue weighted by molar-refractivity contribution is -0.139. The van der Waals surface area contributed by atoms with Crippen molar-refractivity contribution in [3.05, 3.63) is 102 Å². The van der Waals surface area contributed by atoms with Gasteiger partial charge < -0.3 is 9.84 Å². The number of nitrogens with zero attached hydrogens (tertiary/aromatic N) is 5. The average Bonchev–Trinajstić information content (AvgIpc) is 3.36. The molecule has 2 heterocycles. The smallest absolute Gasteiger partial charge is 0.341 e. The molecule has 1 aromatic heterocycles. The summed E-state index contributed by atoms with van der Waals surface area (Å²) in [6.45, 7) is 5.63. The topological polar surface area (TPSA) is 83.7 Å². The van der Waals surface area contributed by atoms with Crippen molar-refractivity contribution < 1.29 is 19.0 Å². The van der Waals surface area contributed by atoms with Gasteiger partial charge in [-0.05, 0) is 52.6 Å². The second kappa shape index (κ2) is 12.0. The van der Waals surface area contributed by atoms with Crippen LogP contribution in [-0.4, -0.2) is 68.7 Å². The third kappa shape index (κ3) is 7.02. The predicted molar refractivity (Wildman–Crippen MR) is 141 cm³/mol. The van der Waals surface area contributed by atoms with Gasteiger partial charge in [-0.2, -0.15) is 0 Å². The van der Waals surface area contributed by atoms with E-state index >= 15 is 0 Å². The fourth-order valence-electron chi connectivity index (χ4n) is 4.64. The molecule has 1 N–H and O–H groups in total. The predicted octanol–water partition coefficient (Wildman–Crippen LogP) is 3.91. The zero-order valence-corrected chi connectivity index (χ0v) is 21.0. The maximum absolute atomic E-state index is 13.3. The molecule has 1 aliphatic rings. The number of carbonyl (C=O) groups is 1. The number of hydrogen-bond donors (Lipinski definition) is 1. The van der Waals surface area contributed by atoms with Crippen LogP contribution >= 0.6 is 0 Å². The summed E-state index contributed by atoms with van der Waals surface area (Å²) >= 11 is 0. The summed E-state index contributed by atoms with van der Waals surface area (Å²) in [5, 5.41) is 17.4. The lowest BCUT2D eigenvalue weighted by atomic mass is 10.0. The number of halogens is 1. The number of aromatic nitrogens is 3. The van der Waals surface area contributed by atoms with E-state index in [0.29, 0.717) is 12.3 Å². The van der Waals surface area contributed by atoms with E-state index in [-0.39, 0.29) is 12.4 Å². The normalized spacial score (nSPS) is 14.4. The molecule has 0 radical (unpaired) electrons. The zero-order valence-electron chi connectivity index (χ0n) is 21.0. The molecular weight excluding hydrogens is 485 g/mol. The van der Waals surface area contributed by atoms with Crippen molar-refractivity contribution in [3.8, 4) is 16.9 Å². The van der Waals surface area contributed by atoms with Crippen molar-refractivity contribution in [3.63, 3.8) is 0 Å². The monoisotopic (exact) mass is 515 g/mol. The molecule has 5 rings (SSSR count). The summed E-state index contributed by atoms with van der Waals surface area (Å²) in [7, 11) is 0. The zero-order chi connectivity index (χ0) is 26.3. The van der Waals surface area contributed by atoms with Gasteiger partial charge in [-0.1, -0.05) is 47.7 Å². The van der Waals surface area contributed by atoms with Crippen molar-refractivity contribution in [2.75, 3.05) is 32.8 Å².